The van der Waals surface area contributed by atoms with Gasteiger partial charge in [0.05, 0.1) is 6.10 Å². The first-order chi connectivity index (χ1) is 8.26. The molecule has 0 spiro atoms. The molecule has 100 valence electrons. The van der Waals surface area contributed by atoms with Gasteiger partial charge in [-0.05, 0) is 51.0 Å². The van der Waals surface area contributed by atoms with Gasteiger partial charge in [0.2, 0.25) is 0 Å². The molecular weight excluding hydrogens is 210 g/mol. The second kappa shape index (κ2) is 6.19. The standard InChI is InChI=1S/C15H29NO/c1-3-5-10-16(13-7-8-13)14-11-12(4-2)6-9-15(14)17/h12-15,17H,3-11H2,1-2H3. The van der Waals surface area contributed by atoms with Crippen LogP contribution in [0.3, 0.4) is 0 Å². The Bertz CT molecular complexity index is 227. The van der Waals surface area contributed by atoms with Crippen molar-refractivity contribution in [1.82, 2.24) is 4.90 Å². The third kappa shape index (κ3) is 3.45. The first-order valence-electron chi connectivity index (χ1n) is 7.70. The van der Waals surface area contributed by atoms with Crippen molar-refractivity contribution in [2.24, 2.45) is 5.92 Å². The van der Waals surface area contributed by atoms with E-state index in [2.05, 4.69) is 18.7 Å². The lowest BCUT2D eigenvalue weighted by atomic mass is 9.81. The molecule has 0 radical (unpaired) electrons. The van der Waals surface area contributed by atoms with Gasteiger partial charge in [-0.1, -0.05) is 26.7 Å². The summed E-state index contributed by atoms with van der Waals surface area (Å²) in [6, 6.07) is 1.27. The zero-order valence-electron chi connectivity index (χ0n) is 11.6. The Balaban J connectivity index is 1.94. The number of unbranched alkanes of at least 4 members (excludes halogenated alkanes) is 1. The van der Waals surface area contributed by atoms with Crippen LogP contribution in [0.5, 0.6) is 0 Å². The predicted molar refractivity (Wildman–Crippen MR) is 72.1 cm³/mol. The summed E-state index contributed by atoms with van der Waals surface area (Å²) in [4.78, 5) is 2.65. The van der Waals surface area contributed by atoms with Gasteiger partial charge in [-0.25, -0.2) is 0 Å². The molecular formula is C15H29NO. The van der Waals surface area contributed by atoms with Gasteiger partial charge in [0.15, 0.2) is 0 Å². The van der Waals surface area contributed by atoms with Crippen LogP contribution in [-0.4, -0.2) is 34.7 Å². The first-order valence-corrected chi connectivity index (χ1v) is 7.70. The van der Waals surface area contributed by atoms with E-state index in [1.165, 1.54) is 51.5 Å². The second-order valence-corrected chi connectivity index (χ2v) is 6.04. The average molecular weight is 239 g/mol. The van der Waals surface area contributed by atoms with E-state index in [0.29, 0.717) is 6.04 Å². The van der Waals surface area contributed by atoms with Crippen molar-refractivity contribution in [3.8, 4) is 0 Å². The van der Waals surface area contributed by atoms with Crippen molar-refractivity contribution >= 4 is 0 Å². The molecule has 2 fully saturated rings. The summed E-state index contributed by atoms with van der Waals surface area (Å²) in [6.45, 7) is 5.77. The Hall–Kier alpha value is -0.0800. The Morgan fingerprint density at radius 3 is 2.47 bits per heavy atom. The van der Waals surface area contributed by atoms with Crippen molar-refractivity contribution in [3.63, 3.8) is 0 Å². The Labute approximate surface area is 106 Å². The molecule has 0 saturated heterocycles. The van der Waals surface area contributed by atoms with E-state index >= 15 is 0 Å². The number of rotatable bonds is 6. The molecule has 17 heavy (non-hydrogen) atoms. The molecule has 0 aromatic rings. The van der Waals surface area contributed by atoms with Gasteiger partial charge >= 0.3 is 0 Å². The van der Waals surface area contributed by atoms with Gasteiger partial charge in [0.1, 0.15) is 0 Å². The highest BCUT2D eigenvalue weighted by Gasteiger charge is 2.39. The highest BCUT2D eigenvalue weighted by atomic mass is 16.3. The minimum atomic E-state index is -0.0599. The third-order valence-electron chi connectivity index (χ3n) is 4.68. The zero-order chi connectivity index (χ0) is 12.3. The minimum Gasteiger partial charge on any atom is -0.391 e. The van der Waals surface area contributed by atoms with Gasteiger partial charge in [-0.2, -0.15) is 0 Å². The van der Waals surface area contributed by atoms with Crippen molar-refractivity contribution in [3.05, 3.63) is 0 Å². The Morgan fingerprint density at radius 1 is 1.12 bits per heavy atom. The molecule has 2 aliphatic carbocycles. The zero-order valence-corrected chi connectivity index (χ0v) is 11.6. The van der Waals surface area contributed by atoms with E-state index in [0.717, 1.165) is 18.4 Å². The number of hydrogen-bond acceptors (Lipinski definition) is 2. The van der Waals surface area contributed by atoms with Crippen LogP contribution >= 0.6 is 0 Å². The van der Waals surface area contributed by atoms with E-state index in [9.17, 15) is 5.11 Å². The fourth-order valence-electron chi connectivity index (χ4n) is 3.31. The Kier molecular flexibility index (Phi) is 4.87. The van der Waals surface area contributed by atoms with Crippen LogP contribution in [0.15, 0.2) is 0 Å². The summed E-state index contributed by atoms with van der Waals surface area (Å²) < 4.78 is 0. The lowest BCUT2D eigenvalue weighted by Crippen LogP contribution is -2.48. The molecule has 0 heterocycles. The normalized spacial score (nSPS) is 34.2. The second-order valence-electron chi connectivity index (χ2n) is 6.04. The van der Waals surface area contributed by atoms with Gasteiger partial charge in [0, 0.05) is 12.1 Å². The van der Waals surface area contributed by atoms with Gasteiger partial charge in [0.25, 0.3) is 0 Å². The summed E-state index contributed by atoms with van der Waals surface area (Å²) in [6.07, 6.45) is 10.0. The molecule has 3 unspecified atom stereocenters. The fraction of sp³-hybridized carbons (Fsp3) is 1.00. The van der Waals surface area contributed by atoms with Gasteiger partial charge in [-0.3, -0.25) is 4.90 Å². The van der Waals surface area contributed by atoms with E-state index in [1.807, 2.05) is 0 Å². The molecule has 0 aromatic carbocycles. The van der Waals surface area contributed by atoms with Gasteiger partial charge in [-0.15, -0.1) is 0 Å². The smallest absolute Gasteiger partial charge is 0.0695 e. The van der Waals surface area contributed by atoms with E-state index in [1.54, 1.807) is 0 Å². The van der Waals surface area contributed by atoms with Gasteiger partial charge < -0.3 is 5.11 Å². The molecule has 3 atom stereocenters. The molecule has 2 nitrogen and oxygen atoms in total. The molecule has 0 aliphatic heterocycles. The quantitative estimate of drug-likeness (QED) is 0.769. The topological polar surface area (TPSA) is 23.5 Å². The number of nitrogens with zero attached hydrogens (tertiary/aromatic N) is 1. The summed E-state index contributed by atoms with van der Waals surface area (Å²) >= 11 is 0. The maximum atomic E-state index is 10.3. The lowest BCUT2D eigenvalue weighted by Gasteiger charge is -2.41. The lowest BCUT2D eigenvalue weighted by molar-refractivity contribution is -0.00220. The molecule has 1 N–H and O–H groups in total. The predicted octanol–water partition coefficient (Wildman–Crippen LogP) is 3.19. The van der Waals surface area contributed by atoms with Crippen LogP contribution in [0.25, 0.3) is 0 Å². The van der Waals surface area contributed by atoms with Crippen molar-refractivity contribution in [2.45, 2.75) is 83.4 Å². The van der Waals surface area contributed by atoms with Crippen LogP contribution in [0.2, 0.25) is 0 Å². The maximum Gasteiger partial charge on any atom is 0.0695 e. The average Bonchev–Trinajstić information content (AvgIpc) is 3.16. The fourth-order valence-corrected chi connectivity index (χ4v) is 3.31. The molecule has 0 bridgehead atoms. The van der Waals surface area contributed by atoms with Crippen LogP contribution in [0.1, 0.15) is 65.2 Å². The van der Waals surface area contributed by atoms with Crippen molar-refractivity contribution < 1.29 is 5.11 Å². The molecule has 2 heteroatoms. The van der Waals surface area contributed by atoms with E-state index in [4.69, 9.17) is 0 Å². The van der Waals surface area contributed by atoms with Crippen LogP contribution in [0.4, 0.5) is 0 Å². The molecule has 2 rings (SSSR count). The van der Waals surface area contributed by atoms with E-state index < -0.39 is 0 Å². The molecule has 2 aliphatic rings. The van der Waals surface area contributed by atoms with Crippen LogP contribution in [0, 0.1) is 5.92 Å². The van der Waals surface area contributed by atoms with Crippen LogP contribution < -0.4 is 0 Å². The SMILES string of the molecule is CCCCN(C1CC1)C1CC(CC)CCC1O. The molecule has 2 saturated carbocycles. The maximum absolute atomic E-state index is 10.3. The summed E-state index contributed by atoms with van der Waals surface area (Å²) in [5, 5.41) is 10.3. The first kappa shape index (κ1) is 13.4. The summed E-state index contributed by atoms with van der Waals surface area (Å²) in [7, 11) is 0. The number of aliphatic hydroxyl groups is 1. The van der Waals surface area contributed by atoms with E-state index in [-0.39, 0.29) is 6.10 Å². The van der Waals surface area contributed by atoms with Crippen molar-refractivity contribution in [1.29, 1.82) is 0 Å². The molecule has 0 aromatic heterocycles. The molecule has 0 amide bonds. The number of aliphatic hydroxyl groups excluding tert-OH is 1. The Morgan fingerprint density at radius 2 is 1.88 bits per heavy atom. The van der Waals surface area contributed by atoms with Crippen LogP contribution in [-0.2, 0) is 0 Å². The highest BCUT2D eigenvalue weighted by Crippen LogP contribution is 2.36. The minimum absolute atomic E-state index is 0.0599. The third-order valence-corrected chi connectivity index (χ3v) is 4.68. The summed E-state index contributed by atoms with van der Waals surface area (Å²) in [5.41, 5.74) is 0. The largest absolute Gasteiger partial charge is 0.391 e. The highest BCUT2D eigenvalue weighted by molar-refractivity contribution is 4.94. The van der Waals surface area contributed by atoms with Crippen molar-refractivity contribution in [2.75, 3.05) is 6.54 Å². The number of hydrogen-bond donors (Lipinski definition) is 1. The monoisotopic (exact) mass is 239 g/mol. The summed E-state index contributed by atoms with van der Waals surface area (Å²) in [5.74, 6) is 0.853.